The fraction of sp³-hybridized carbons (Fsp3) is 0.154. The minimum Gasteiger partial charge on any atom is -0.329 e. The molecule has 0 bridgehead atoms. The number of halogens is 1. The van der Waals surface area contributed by atoms with Crippen LogP contribution >= 0.6 is 11.6 Å². The van der Waals surface area contributed by atoms with Gasteiger partial charge in [-0.15, -0.1) is 0 Å². The number of para-hydroxylation sites is 2. The number of benzene rings is 3. The van der Waals surface area contributed by atoms with Gasteiger partial charge in [0.05, 0.1) is 22.6 Å². The second-order valence-corrected chi connectivity index (χ2v) is 8.35. The number of hydrogen-bond donors (Lipinski definition) is 2. The minimum absolute atomic E-state index is 0.162. The molecule has 1 atom stereocenters. The number of carbonyl (C=O) groups is 1. The van der Waals surface area contributed by atoms with Gasteiger partial charge in [-0.2, -0.15) is 0 Å². The lowest BCUT2D eigenvalue weighted by Crippen LogP contribution is -2.30. The highest BCUT2D eigenvalue weighted by atomic mass is 35.5. The molecule has 1 amide bonds. The molecule has 5 nitrogen and oxygen atoms in total. The van der Waals surface area contributed by atoms with Crippen molar-refractivity contribution in [2.45, 2.75) is 26.3 Å². The van der Waals surface area contributed by atoms with Crippen molar-refractivity contribution in [2.75, 3.05) is 10.6 Å². The summed E-state index contributed by atoms with van der Waals surface area (Å²) in [7, 11) is 0. The molecule has 0 aliphatic carbocycles. The zero-order chi connectivity index (χ0) is 22.2. The third kappa shape index (κ3) is 3.55. The van der Waals surface area contributed by atoms with Crippen molar-refractivity contribution in [1.82, 2.24) is 9.55 Å². The summed E-state index contributed by atoms with van der Waals surface area (Å²) in [5.74, 6) is 0.571. The number of fused-ring (bicyclic) bond motifs is 3. The Hall–Kier alpha value is -3.57. The van der Waals surface area contributed by atoms with Crippen LogP contribution in [0.5, 0.6) is 0 Å². The maximum absolute atomic E-state index is 13.6. The van der Waals surface area contributed by atoms with E-state index in [1.165, 1.54) is 5.56 Å². The van der Waals surface area contributed by atoms with E-state index in [2.05, 4.69) is 46.4 Å². The zero-order valence-corrected chi connectivity index (χ0v) is 18.6. The highest BCUT2D eigenvalue weighted by Gasteiger charge is 2.34. The molecule has 2 N–H and O–H groups in total. The number of allylic oxidation sites excluding steroid dienone is 1. The molecule has 1 aromatic heterocycles. The molecular weight excluding hydrogens is 420 g/mol. The van der Waals surface area contributed by atoms with Crippen LogP contribution in [0.2, 0.25) is 5.02 Å². The number of aryl methyl sites for hydroxylation is 1. The highest BCUT2D eigenvalue weighted by molar-refractivity contribution is 6.30. The van der Waals surface area contributed by atoms with Gasteiger partial charge in [-0.05, 0) is 60.9 Å². The number of carbonyl (C=O) groups excluding carboxylic acids is 1. The lowest BCUT2D eigenvalue weighted by Gasteiger charge is -2.31. The quantitative estimate of drug-likeness (QED) is 0.396. The first kappa shape index (κ1) is 20.3. The van der Waals surface area contributed by atoms with E-state index in [4.69, 9.17) is 16.6 Å². The number of amides is 1. The molecule has 0 radical (unpaired) electrons. The van der Waals surface area contributed by atoms with Gasteiger partial charge >= 0.3 is 0 Å². The second kappa shape index (κ2) is 8.17. The summed E-state index contributed by atoms with van der Waals surface area (Å²) in [6.45, 7) is 4.06. The van der Waals surface area contributed by atoms with Gasteiger partial charge in [0.25, 0.3) is 5.91 Å². The first-order valence-corrected chi connectivity index (χ1v) is 11.0. The predicted octanol–water partition coefficient (Wildman–Crippen LogP) is 6.18. The average molecular weight is 443 g/mol. The summed E-state index contributed by atoms with van der Waals surface area (Å²) in [5.41, 5.74) is 6.28. The minimum atomic E-state index is -0.308. The van der Waals surface area contributed by atoms with Crippen molar-refractivity contribution in [3.63, 3.8) is 0 Å². The summed E-state index contributed by atoms with van der Waals surface area (Å²) >= 11 is 6.00. The molecule has 6 heteroatoms. The Kier molecular flexibility index (Phi) is 5.19. The van der Waals surface area contributed by atoms with Gasteiger partial charge in [0.1, 0.15) is 0 Å². The summed E-state index contributed by atoms with van der Waals surface area (Å²) in [6.07, 6.45) is 0.963. The molecule has 1 aliphatic heterocycles. The van der Waals surface area contributed by atoms with Gasteiger partial charge in [0.2, 0.25) is 5.95 Å². The molecule has 0 fully saturated rings. The summed E-state index contributed by atoms with van der Waals surface area (Å²) < 4.78 is 2.11. The topological polar surface area (TPSA) is 59.0 Å². The Morgan fingerprint density at radius 2 is 1.78 bits per heavy atom. The van der Waals surface area contributed by atoms with E-state index in [0.717, 1.165) is 34.7 Å². The van der Waals surface area contributed by atoms with Gasteiger partial charge in [0.15, 0.2) is 0 Å². The maximum Gasteiger partial charge on any atom is 0.255 e. The number of nitrogens with one attached hydrogen (secondary N) is 2. The molecule has 160 valence electrons. The van der Waals surface area contributed by atoms with Crippen molar-refractivity contribution in [2.24, 2.45) is 0 Å². The van der Waals surface area contributed by atoms with Gasteiger partial charge in [0, 0.05) is 16.4 Å². The number of imidazole rings is 1. The smallest absolute Gasteiger partial charge is 0.255 e. The van der Waals surface area contributed by atoms with E-state index in [1.807, 2.05) is 31.2 Å². The first-order chi connectivity index (χ1) is 15.5. The molecule has 0 saturated carbocycles. The lowest BCUT2D eigenvalue weighted by molar-refractivity contribution is -0.113. The van der Waals surface area contributed by atoms with Crippen molar-refractivity contribution >= 4 is 40.2 Å². The maximum atomic E-state index is 13.6. The number of rotatable bonds is 4. The molecule has 0 unspecified atom stereocenters. The molecule has 32 heavy (non-hydrogen) atoms. The molecule has 1 aliphatic rings. The fourth-order valence-electron chi connectivity index (χ4n) is 4.24. The molecule has 2 heterocycles. The molecule has 5 rings (SSSR count). The van der Waals surface area contributed by atoms with Crippen LogP contribution in [-0.4, -0.2) is 15.5 Å². The molecule has 0 spiro atoms. The number of aromatic nitrogens is 2. The molecular formula is C26H23ClN4O. The molecule has 3 aromatic carbocycles. The van der Waals surface area contributed by atoms with Crippen molar-refractivity contribution in [1.29, 1.82) is 0 Å². The Balaban J connectivity index is 1.64. The third-order valence-corrected chi connectivity index (χ3v) is 6.13. The predicted molar refractivity (Wildman–Crippen MR) is 130 cm³/mol. The monoisotopic (exact) mass is 442 g/mol. The summed E-state index contributed by atoms with van der Waals surface area (Å²) in [6, 6.07) is 23.3. The van der Waals surface area contributed by atoms with E-state index in [1.54, 1.807) is 24.3 Å². The SMILES string of the molecule is CCc1ccc([C@H]2C(C(=O)Nc3ccc(Cl)cc3)=C(C)Nc3nc4ccccc4n32)cc1. The van der Waals surface area contributed by atoms with Gasteiger partial charge in [-0.3, -0.25) is 9.36 Å². The normalized spacial score (nSPS) is 15.4. The number of anilines is 2. The van der Waals surface area contributed by atoms with Gasteiger partial charge in [-0.1, -0.05) is 54.9 Å². The Labute approximate surface area is 191 Å². The molecule has 0 saturated heterocycles. The van der Waals surface area contributed by atoms with Crippen LogP contribution in [-0.2, 0) is 11.2 Å². The van der Waals surface area contributed by atoms with Gasteiger partial charge in [-0.25, -0.2) is 4.98 Å². The molecule has 4 aromatic rings. The Morgan fingerprint density at radius 1 is 1.06 bits per heavy atom. The van der Waals surface area contributed by atoms with E-state index in [-0.39, 0.29) is 11.9 Å². The van der Waals surface area contributed by atoms with Crippen LogP contribution in [0.1, 0.15) is 31.0 Å². The summed E-state index contributed by atoms with van der Waals surface area (Å²) in [5, 5.41) is 7.01. The van der Waals surface area contributed by atoms with Crippen LogP contribution in [0.15, 0.2) is 84.1 Å². The first-order valence-electron chi connectivity index (χ1n) is 10.7. The summed E-state index contributed by atoms with van der Waals surface area (Å²) in [4.78, 5) is 18.3. The lowest BCUT2D eigenvalue weighted by atomic mass is 9.93. The second-order valence-electron chi connectivity index (χ2n) is 7.92. The number of hydrogen-bond acceptors (Lipinski definition) is 3. The highest BCUT2D eigenvalue weighted by Crippen LogP contribution is 2.39. The van der Waals surface area contributed by atoms with Gasteiger partial charge < -0.3 is 10.6 Å². The Morgan fingerprint density at radius 3 is 2.50 bits per heavy atom. The van der Waals surface area contributed by atoms with Crippen LogP contribution in [0.4, 0.5) is 11.6 Å². The Bertz CT molecular complexity index is 1340. The van der Waals surface area contributed by atoms with Crippen LogP contribution in [0, 0.1) is 0 Å². The van der Waals surface area contributed by atoms with E-state index >= 15 is 0 Å². The average Bonchev–Trinajstić information content (AvgIpc) is 3.17. The van der Waals surface area contributed by atoms with E-state index in [0.29, 0.717) is 16.3 Å². The van der Waals surface area contributed by atoms with Crippen molar-refractivity contribution < 1.29 is 4.79 Å². The van der Waals surface area contributed by atoms with Crippen LogP contribution in [0.3, 0.4) is 0 Å². The van der Waals surface area contributed by atoms with Crippen LogP contribution in [0.25, 0.3) is 11.0 Å². The van der Waals surface area contributed by atoms with Crippen LogP contribution < -0.4 is 10.6 Å². The standard InChI is InChI=1S/C26H23ClN4O/c1-3-17-8-10-18(11-9-17)24-23(25(32)29-20-14-12-19(27)13-15-20)16(2)28-26-30-21-6-4-5-7-22(21)31(24)26/h4-15,24H,3H2,1-2H3,(H,28,30)(H,29,32)/t24-/m0/s1. The third-order valence-electron chi connectivity index (χ3n) is 5.88. The largest absolute Gasteiger partial charge is 0.329 e. The number of nitrogens with zero attached hydrogens (tertiary/aromatic N) is 2. The van der Waals surface area contributed by atoms with E-state index in [9.17, 15) is 4.79 Å². The van der Waals surface area contributed by atoms with Crippen molar-refractivity contribution in [3.8, 4) is 0 Å². The zero-order valence-electron chi connectivity index (χ0n) is 17.9. The van der Waals surface area contributed by atoms with E-state index < -0.39 is 0 Å². The van der Waals surface area contributed by atoms with Crippen molar-refractivity contribution in [3.05, 3.63) is 100 Å². The fourth-order valence-corrected chi connectivity index (χ4v) is 4.37.